The van der Waals surface area contributed by atoms with Gasteiger partial charge in [0.15, 0.2) is 0 Å². The Morgan fingerprint density at radius 2 is 1.90 bits per heavy atom. The molecule has 0 saturated carbocycles. The third-order valence-corrected chi connectivity index (χ3v) is 3.85. The molecule has 0 aliphatic heterocycles. The first-order chi connectivity index (χ1) is 9.75. The zero-order valence-electron chi connectivity index (χ0n) is 11.2. The smallest absolute Gasteiger partial charge is 0.248 e. The third-order valence-electron chi connectivity index (χ3n) is 2.83. The molecule has 4 heteroatoms. The topological polar surface area (TPSA) is 55.1 Å². The monoisotopic (exact) mass is 286 g/mol. The molecule has 0 spiro atoms. The highest BCUT2D eigenvalue weighted by Crippen LogP contribution is 2.15. The summed E-state index contributed by atoms with van der Waals surface area (Å²) in [5.74, 6) is 0.631. The van der Waals surface area contributed by atoms with E-state index in [-0.39, 0.29) is 5.91 Å². The molecular weight excluding hydrogens is 268 g/mol. The maximum atomic E-state index is 11.1. The van der Waals surface area contributed by atoms with Crippen LogP contribution in [0.25, 0.3) is 0 Å². The molecule has 0 unspecified atom stereocenters. The Morgan fingerprint density at radius 1 is 1.10 bits per heavy atom. The van der Waals surface area contributed by atoms with Crippen LogP contribution in [0.3, 0.4) is 0 Å². The fourth-order valence-corrected chi connectivity index (χ4v) is 2.66. The molecule has 0 aliphatic carbocycles. The summed E-state index contributed by atoms with van der Waals surface area (Å²) in [5.41, 5.74) is 6.89. The molecule has 0 bridgehead atoms. The Morgan fingerprint density at radius 3 is 2.65 bits per heavy atom. The van der Waals surface area contributed by atoms with Gasteiger partial charge < -0.3 is 11.1 Å². The molecule has 0 aromatic heterocycles. The minimum Gasteiger partial charge on any atom is -0.366 e. The second-order valence-corrected chi connectivity index (χ2v) is 5.57. The Bertz CT molecular complexity index is 557. The molecule has 3 N–H and O–H groups in total. The lowest BCUT2D eigenvalue weighted by atomic mass is 10.1. The first-order valence-electron chi connectivity index (χ1n) is 6.53. The average molecular weight is 286 g/mol. The van der Waals surface area contributed by atoms with Gasteiger partial charge in [-0.25, -0.2) is 0 Å². The van der Waals surface area contributed by atoms with Crippen molar-refractivity contribution < 1.29 is 4.79 Å². The summed E-state index contributed by atoms with van der Waals surface area (Å²) in [6.45, 7) is 1.66. The van der Waals surface area contributed by atoms with Gasteiger partial charge >= 0.3 is 0 Å². The predicted octanol–water partition coefficient (Wildman–Crippen LogP) is 2.67. The lowest BCUT2D eigenvalue weighted by molar-refractivity contribution is 0.1000. The number of benzene rings is 2. The van der Waals surface area contributed by atoms with Crippen molar-refractivity contribution in [2.24, 2.45) is 5.73 Å². The molecule has 0 aliphatic rings. The van der Waals surface area contributed by atoms with E-state index in [1.807, 2.05) is 48.2 Å². The number of amides is 1. The van der Waals surface area contributed by atoms with E-state index < -0.39 is 0 Å². The lowest BCUT2D eigenvalue weighted by Gasteiger charge is -2.06. The lowest BCUT2D eigenvalue weighted by Crippen LogP contribution is -2.17. The normalized spacial score (nSPS) is 10.4. The van der Waals surface area contributed by atoms with Crippen molar-refractivity contribution in [2.75, 3.05) is 12.3 Å². The molecule has 3 nitrogen and oxygen atoms in total. The van der Waals surface area contributed by atoms with Crippen LogP contribution < -0.4 is 11.1 Å². The van der Waals surface area contributed by atoms with Gasteiger partial charge in [0.1, 0.15) is 0 Å². The van der Waals surface area contributed by atoms with Crippen LogP contribution in [0, 0.1) is 0 Å². The number of primary amides is 1. The number of nitrogens with one attached hydrogen (secondary N) is 1. The molecule has 104 valence electrons. The number of carbonyl (C=O) groups is 1. The summed E-state index contributed by atoms with van der Waals surface area (Å²) in [5, 5.41) is 3.37. The van der Waals surface area contributed by atoms with Crippen LogP contribution in [-0.4, -0.2) is 18.2 Å². The summed E-state index contributed by atoms with van der Waals surface area (Å²) in [6.07, 6.45) is 0. The maximum Gasteiger partial charge on any atom is 0.248 e. The number of hydrogen-bond acceptors (Lipinski definition) is 3. The minimum atomic E-state index is -0.383. The quantitative estimate of drug-likeness (QED) is 0.608. The molecule has 2 aromatic rings. The molecule has 0 saturated heterocycles. The van der Waals surface area contributed by atoms with Gasteiger partial charge in [-0.1, -0.05) is 30.3 Å². The van der Waals surface area contributed by atoms with E-state index in [0.717, 1.165) is 24.4 Å². The second-order valence-electron chi connectivity index (χ2n) is 4.40. The van der Waals surface area contributed by atoms with Gasteiger partial charge in [0.05, 0.1) is 0 Å². The molecule has 20 heavy (non-hydrogen) atoms. The first kappa shape index (κ1) is 14.6. The Hall–Kier alpha value is -1.78. The van der Waals surface area contributed by atoms with Crippen molar-refractivity contribution in [3.8, 4) is 0 Å². The van der Waals surface area contributed by atoms with E-state index in [1.165, 1.54) is 4.90 Å². The summed E-state index contributed by atoms with van der Waals surface area (Å²) < 4.78 is 0. The van der Waals surface area contributed by atoms with Crippen LogP contribution in [0.5, 0.6) is 0 Å². The van der Waals surface area contributed by atoms with Gasteiger partial charge in [-0.3, -0.25) is 4.79 Å². The zero-order valence-corrected chi connectivity index (χ0v) is 12.0. The SMILES string of the molecule is NC(=O)c1cccc(CNCCSc2ccccc2)c1. The molecule has 0 heterocycles. The van der Waals surface area contributed by atoms with Crippen molar-refractivity contribution in [2.45, 2.75) is 11.4 Å². The number of carbonyl (C=O) groups excluding carboxylic acids is 1. The summed E-state index contributed by atoms with van der Waals surface area (Å²) in [6, 6.07) is 17.8. The van der Waals surface area contributed by atoms with E-state index >= 15 is 0 Å². The second kappa shape index (κ2) is 7.72. The first-order valence-corrected chi connectivity index (χ1v) is 7.51. The molecular formula is C16H18N2OS. The van der Waals surface area contributed by atoms with Crippen LogP contribution >= 0.6 is 11.8 Å². The van der Waals surface area contributed by atoms with Crippen LogP contribution in [-0.2, 0) is 6.54 Å². The van der Waals surface area contributed by atoms with Gasteiger partial charge in [-0.15, -0.1) is 11.8 Å². The number of rotatable bonds is 7. The van der Waals surface area contributed by atoms with Crippen molar-refractivity contribution in [1.82, 2.24) is 5.32 Å². The van der Waals surface area contributed by atoms with Crippen molar-refractivity contribution in [1.29, 1.82) is 0 Å². The fourth-order valence-electron chi connectivity index (χ4n) is 1.83. The Balaban J connectivity index is 1.71. The highest BCUT2D eigenvalue weighted by atomic mass is 32.2. The molecule has 0 radical (unpaired) electrons. The highest BCUT2D eigenvalue weighted by molar-refractivity contribution is 7.99. The van der Waals surface area contributed by atoms with E-state index in [1.54, 1.807) is 6.07 Å². The van der Waals surface area contributed by atoms with Gasteiger partial charge in [0.25, 0.3) is 0 Å². The van der Waals surface area contributed by atoms with Gasteiger partial charge in [-0.05, 0) is 29.8 Å². The minimum absolute atomic E-state index is 0.383. The summed E-state index contributed by atoms with van der Waals surface area (Å²) >= 11 is 1.83. The van der Waals surface area contributed by atoms with Crippen LogP contribution in [0.15, 0.2) is 59.5 Å². The van der Waals surface area contributed by atoms with Crippen LogP contribution in [0.4, 0.5) is 0 Å². The van der Waals surface area contributed by atoms with Gasteiger partial charge in [0, 0.05) is 29.3 Å². The molecule has 0 fully saturated rings. The molecule has 2 rings (SSSR count). The van der Waals surface area contributed by atoms with Gasteiger partial charge in [0.2, 0.25) is 5.91 Å². The zero-order chi connectivity index (χ0) is 14.2. The van der Waals surface area contributed by atoms with E-state index in [2.05, 4.69) is 17.4 Å². The summed E-state index contributed by atoms with van der Waals surface area (Å²) in [7, 11) is 0. The van der Waals surface area contributed by atoms with Crippen molar-refractivity contribution >= 4 is 17.7 Å². The summed E-state index contributed by atoms with van der Waals surface area (Å²) in [4.78, 5) is 12.4. The van der Waals surface area contributed by atoms with Crippen molar-refractivity contribution in [3.63, 3.8) is 0 Å². The fraction of sp³-hybridized carbons (Fsp3) is 0.188. The Labute approximate surface area is 123 Å². The third kappa shape index (κ3) is 4.72. The largest absolute Gasteiger partial charge is 0.366 e. The van der Waals surface area contributed by atoms with Crippen LogP contribution in [0.2, 0.25) is 0 Å². The molecule has 1 amide bonds. The Kier molecular flexibility index (Phi) is 5.65. The molecule has 2 aromatic carbocycles. The van der Waals surface area contributed by atoms with E-state index in [0.29, 0.717) is 5.56 Å². The van der Waals surface area contributed by atoms with Gasteiger partial charge in [-0.2, -0.15) is 0 Å². The van der Waals surface area contributed by atoms with E-state index in [9.17, 15) is 4.79 Å². The maximum absolute atomic E-state index is 11.1. The number of nitrogens with two attached hydrogens (primary N) is 1. The number of thioether (sulfide) groups is 1. The van der Waals surface area contributed by atoms with E-state index in [4.69, 9.17) is 5.73 Å². The molecule has 0 atom stereocenters. The van der Waals surface area contributed by atoms with Crippen molar-refractivity contribution in [3.05, 3.63) is 65.7 Å². The predicted molar refractivity (Wildman–Crippen MR) is 83.8 cm³/mol. The van der Waals surface area contributed by atoms with Crippen LogP contribution in [0.1, 0.15) is 15.9 Å². The highest BCUT2D eigenvalue weighted by Gasteiger charge is 2.00. The average Bonchev–Trinajstić information content (AvgIpc) is 2.48. The number of hydrogen-bond donors (Lipinski definition) is 2. The standard InChI is InChI=1S/C16H18N2OS/c17-16(19)14-6-4-5-13(11-14)12-18-9-10-20-15-7-2-1-3-8-15/h1-8,11,18H,9-10,12H2,(H2,17,19).